The lowest BCUT2D eigenvalue weighted by atomic mass is 9.79. The Morgan fingerprint density at radius 3 is 0.871 bits per heavy atom. The van der Waals surface area contributed by atoms with Gasteiger partial charge in [-0.2, -0.15) is 0 Å². The van der Waals surface area contributed by atoms with Gasteiger partial charge in [-0.25, -0.2) is 0 Å². The van der Waals surface area contributed by atoms with Gasteiger partial charge in [-0.1, -0.05) is 91.5 Å². The van der Waals surface area contributed by atoms with Crippen molar-refractivity contribution in [2.75, 3.05) is 40.1 Å². The molecule has 4 aliphatic heterocycles. The van der Waals surface area contributed by atoms with Crippen LogP contribution in [0.5, 0.6) is 11.5 Å². The number of carbonyl (C=O) groups is 8. The van der Waals surface area contributed by atoms with Gasteiger partial charge in [0.05, 0.1) is 24.3 Å². The third-order valence-electron chi connectivity index (χ3n) is 20.5. The van der Waals surface area contributed by atoms with E-state index in [2.05, 4.69) is 11.8 Å². The van der Waals surface area contributed by atoms with Gasteiger partial charge in [0.2, 0.25) is 0 Å². The molecule has 0 bridgehead atoms. The first-order valence-corrected chi connectivity index (χ1v) is 33.0. The van der Waals surface area contributed by atoms with Crippen LogP contribution in [0.15, 0.2) is 72.8 Å². The van der Waals surface area contributed by atoms with Crippen molar-refractivity contribution in [3.05, 3.63) is 128 Å². The summed E-state index contributed by atoms with van der Waals surface area (Å²) in [5, 5.41) is 8.62. The van der Waals surface area contributed by atoms with Crippen LogP contribution in [0.3, 0.4) is 0 Å². The Morgan fingerprint density at radius 1 is 0.312 bits per heavy atom. The molecule has 0 radical (unpaired) electrons. The highest BCUT2D eigenvalue weighted by molar-refractivity contribution is 6.45. The second kappa shape index (κ2) is 23.2. The predicted molar refractivity (Wildman–Crippen MR) is 360 cm³/mol. The van der Waals surface area contributed by atoms with Gasteiger partial charge in [0, 0.05) is 147 Å². The number of hydrogen-bond acceptors (Lipinski definition) is 12. The van der Waals surface area contributed by atoms with Crippen LogP contribution in [0.1, 0.15) is 208 Å². The Hall–Kier alpha value is -9.56. The van der Waals surface area contributed by atoms with E-state index >= 15 is 28.8 Å². The van der Waals surface area contributed by atoms with Crippen molar-refractivity contribution in [3.63, 3.8) is 0 Å². The highest BCUT2D eigenvalue weighted by atomic mass is 16.5. The fraction of sp³-hybridized carbons (Fsp3) is 0.351. The highest BCUT2D eigenvalue weighted by Gasteiger charge is 2.44. The second-order valence-corrected chi connectivity index (χ2v) is 24.9. The summed E-state index contributed by atoms with van der Waals surface area (Å²) in [5.41, 5.74) is 3.17. The molecule has 8 amide bonds. The number of hydrogen-bond donors (Lipinski definition) is 0. The molecule has 4 aliphatic rings. The summed E-state index contributed by atoms with van der Waals surface area (Å²) in [6, 6.07) is 19.8. The number of amides is 8. The first-order chi connectivity index (χ1) is 45.1. The van der Waals surface area contributed by atoms with Gasteiger partial charge < -0.3 is 18.9 Å². The average molecular weight is 1250 g/mol. The van der Waals surface area contributed by atoms with E-state index in [0.29, 0.717) is 195 Å². The quantitative estimate of drug-likeness (QED) is 0.0218. The van der Waals surface area contributed by atoms with E-state index in [1.54, 1.807) is 55.6 Å². The standard InChI is InChI=1S/C77H72N4O12/c1-11-40(12-2)78-70(82)48-28-24-46-64-56(92-32-30-90-10)36-54-62-50(72(84)80(76(54)88)42(15-5)16-6)26-22-44(68(62)64)58-38(34-52(74(78)86)60(48)66(46)58)20-21-39-35-53-61-49(71(83)79(75(53)87)41(13-3)14-4)29-25-47-65-57(93-33-31-91-19-9)37-55-63-51(27-23-45(69(63)65)59(39)67(47)61)73(85)81(77(55)89)43(17-7)18-8/h22-29,34-37,40-43H,11-19,30-33H2,1-10H3. The van der Waals surface area contributed by atoms with Gasteiger partial charge >= 0.3 is 0 Å². The molecular weight excluding hydrogens is 1170 g/mol. The van der Waals surface area contributed by atoms with Gasteiger partial charge in [-0.3, -0.25) is 58.0 Å². The number of nitrogens with zero attached hydrogens (tertiary/aromatic N) is 4. The monoisotopic (exact) mass is 1240 g/mol. The first kappa shape index (κ1) is 61.0. The minimum absolute atomic E-state index is 0.108. The van der Waals surface area contributed by atoms with Crippen molar-refractivity contribution in [1.82, 2.24) is 19.6 Å². The molecule has 0 aromatic heterocycles. The van der Waals surface area contributed by atoms with Crippen LogP contribution < -0.4 is 9.47 Å². The molecular formula is C77H72N4O12. The van der Waals surface area contributed by atoms with Crippen LogP contribution >= 0.6 is 0 Å². The second-order valence-electron chi connectivity index (χ2n) is 24.9. The normalized spacial score (nSPS) is 14.9. The van der Waals surface area contributed by atoms with Gasteiger partial charge in [0.25, 0.3) is 47.3 Å². The van der Waals surface area contributed by atoms with E-state index in [-0.39, 0.29) is 55.2 Å². The van der Waals surface area contributed by atoms with Crippen LogP contribution in [0.4, 0.5) is 0 Å². The third kappa shape index (κ3) is 8.51. The largest absolute Gasteiger partial charge is 0.490 e. The smallest absolute Gasteiger partial charge is 0.261 e. The summed E-state index contributed by atoms with van der Waals surface area (Å²) >= 11 is 0. The van der Waals surface area contributed by atoms with Gasteiger partial charge in [-0.15, -0.1) is 0 Å². The maximum Gasteiger partial charge on any atom is 0.261 e. The molecule has 93 heavy (non-hydrogen) atoms. The summed E-state index contributed by atoms with van der Waals surface area (Å²) in [6.45, 7) is 18.6. The highest BCUT2D eigenvalue weighted by Crippen LogP contribution is 2.54. The number of ether oxygens (including phenoxy) is 4. The lowest BCUT2D eigenvalue weighted by Gasteiger charge is -2.35. The van der Waals surface area contributed by atoms with E-state index in [4.69, 9.17) is 18.9 Å². The van der Waals surface area contributed by atoms with Crippen LogP contribution in [0, 0.1) is 11.8 Å². The molecule has 14 rings (SSSR count). The van der Waals surface area contributed by atoms with Crippen molar-refractivity contribution in [3.8, 4) is 23.3 Å². The van der Waals surface area contributed by atoms with E-state index in [0.717, 1.165) is 0 Å². The van der Waals surface area contributed by atoms with Crippen molar-refractivity contribution < 1.29 is 57.3 Å². The van der Waals surface area contributed by atoms with Crippen molar-refractivity contribution in [2.45, 2.75) is 138 Å². The van der Waals surface area contributed by atoms with Crippen molar-refractivity contribution in [2.24, 2.45) is 0 Å². The fourth-order valence-corrected chi connectivity index (χ4v) is 16.0. The van der Waals surface area contributed by atoms with Crippen LogP contribution in [0.2, 0.25) is 0 Å². The molecule has 4 heterocycles. The van der Waals surface area contributed by atoms with E-state index in [1.165, 1.54) is 19.6 Å². The summed E-state index contributed by atoms with van der Waals surface area (Å²) in [6.07, 6.45) is 4.23. The maximum atomic E-state index is 15.5. The Bertz CT molecular complexity index is 5040. The Labute approximate surface area is 537 Å². The Morgan fingerprint density at radius 2 is 0.581 bits per heavy atom. The Balaban J connectivity index is 1.14. The molecule has 16 nitrogen and oxygen atoms in total. The first-order valence-electron chi connectivity index (χ1n) is 33.0. The number of carbonyl (C=O) groups excluding carboxylic acids is 8. The minimum atomic E-state index is -0.486. The summed E-state index contributed by atoms with van der Waals surface area (Å²) in [7, 11) is 1.57. The molecule has 0 saturated heterocycles. The molecule has 10 aromatic carbocycles. The van der Waals surface area contributed by atoms with E-state index in [1.807, 2.05) is 86.6 Å². The summed E-state index contributed by atoms with van der Waals surface area (Å²) in [4.78, 5) is 127. The molecule has 0 spiro atoms. The number of rotatable bonds is 21. The van der Waals surface area contributed by atoms with Gasteiger partial charge in [0.1, 0.15) is 24.7 Å². The minimum Gasteiger partial charge on any atom is -0.490 e. The number of imide groups is 4. The van der Waals surface area contributed by atoms with E-state index < -0.39 is 59.3 Å². The molecule has 0 atom stereocenters. The van der Waals surface area contributed by atoms with Crippen LogP contribution in [-0.4, -0.2) is 131 Å². The van der Waals surface area contributed by atoms with Crippen molar-refractivity contribution >= 4 is 133 Å². The summed E-state index contributed by atoms with van der Waals surface area (Å²) < 4.78 is 24.6. The SMILES string of the molecule is CCOCCOc1cc2c3c(ccc4c5c(C#Cc6cc7c8c(ccc9c%10c(OCCOC)cc%11c%12c(ccc(c6c89)c%12%10)C(=O)N(C(CC)CC)C%11=O)C(=O)N(C(CC)CC)C7=O)cc6c7c(ccc(c1c34)c75)C(=O)N(C(CC)CC)C6=O)C(=O)N(C(CC)CC)C2=O. The molecule has 0 aliphatic carbocycles. The van der Waals surface area contributed by atoms with Crippen molar-refractivity contribution in [1.29, 1.82) is 0 Å². The molecule has 0 unspecified atom stereocenters. The lowest BCUT2D eigenvalue weighted by molar-refractivity contribution is 0.0514. The molecule has 0 N–H and O–H groups in total. The molecule has 472 valence electrons. The zero-order valence-electron chi connectivity index (χ0n) is 54.1. The third-order valence-corrected chi connectivity index (χ3v) is 20.5. The number of benzene rings is 10. The summed E-state index contributed by atoms with van der Waals surface area (Å²) in [5.74, 6) is 4.36. The number of methoxy groups -OCH3 is 1. The molecule has 10 aromatic rings. The van der Waals surface area contributed by atoms with Gasteiger partial charge in [0.15, 0.2) is 0 Å². The van der Waals surface area contributed by atoms with Gasteiger partial charge in [-0.05, 0) is 128 Å². The Kier molecular flexibility index (Phi) is 15.2. The molecule has 0 fully saturated rings. The molecule has 0 saturated carbocycles. The van der Waals surface area contributed by atoms with Crippen LogP contribution in [-0.2, 0) is 9.47 Å². The topological polar surface area (TPSA) is 186 Å². The van der Waals surface area contributed by atoms with Crippen LogP contribution in [0.25, 0.3) is 86.2 Å². The maximum absolute atomic E-state index is 15.5. The zero-order valence-corrected chi connectivity index (χ0v) is 54.1. The van der Waals surface area contributed by atoms with E-state index in [9.17, 15) is 9.59 Å². The fourth-order valence-electron chi connectivity index (χ4n) is 16.0. The molecule has 16 heteroatoms. The predicted octanol–water partition coefficient (Wildman–Crippen LogP) is 14.8. The average Bonchev–Trinajstić information content (AvgIpc) is 0.688. The lowest BCUT2D eigenvalue weighted by Crippen LogP contribution is -2.46. The zero-order chi connectivity index (χ0) is 65.3. The number of fused-ring (bicyclic) bond motifs is 4.